The van der Waals surface area contributed by atoms with E-state index >= 15 is 0 Å². The average molecular weight is 168 g/mol. The van der Waals surface area contributed by atoms with Crippen LogP contribution in [0.4, 0.5) is 0 Å². The maximum Gasteiger partial charge on any atom is 0.124 e. The van der Waals surface area contributed by atoms with Crippen molar-refractivity contribution in [1.29, 1.82) is 0 Å². The molecular formula is C9H16N2O. The van der Waals surface area contributed by atoms with Gasteiger partial charge in [0.05, 0.1) is 0 Å². The molecule has 0 spiro atoms. The molecule has 0 radical (unpaired) electrons. The fourth-order valence-electron chi connectivity index (χ4n) is 2.12. The monoisotopic (exact) mass is 168 g/mol. The van der Waals surface area contributed by atoms with Gasteiger partial charge in [0.25, 0.3) is 0 Å². The van der Waals surface area contributed by atoms with Crippen LogP contribution < -0.4 is 0 Å². The van der Waals surface area contributed by atoms with Crippen molar-refractivity contribution in [2.24, 2.45) is 5.92 Å². The van der Waals surface area contributed by atoms with Gasteiger partial charge < -0.3 is 4.79 Å². The second-order valence-electron chi connectivity index (χ2n) is 3.76. The summed E-state index contributed by atoms with van der Waals surface area (Å²) in [6, 6.07) is 0. The Bertz CT molecular complexity index is 166. The fourth-order valence-corrected chi connectivity index (χ4v) is 2.12. The van der Waals surface area contributed by atoms with Crippen molar-refractivity contribution in [3.63, 3.8) is 0 Å². The average Bonchev–Trinajstić information content (AvgIpc) is 2.75. The number of hydrogen-bond donors (Lipinski definition) is 0. The highest BCUT2D eigenvalue weighted by molar-refractivity contribution is 5.54. The summed E-state index contributed by atoms with van der Waals surface area (Å²) in [6.07, 6.45) is 4.81. The van der Waals surface area contributed by atoms with Crippen molar-refractivity contribution in [3.05, 3.63) is 0 Å². The molecule has 0 unspecified atom stereocenters. The topological polar surface area (TPSA) is 23.6 Å². The third kappa shape index (κ3) is 1.52. The van der Waals surface area contributed by atoms with Gasteiger partial charge in [0.1, 0.15) is 6.29 Å². The summed E-state index contributed by atoms with van der Waals surface area (Å²) in [6.45, 7) is 4.45. The van der Waals surface area contributed by atoms with E-state index in [1.54, 1.807) is 0 Å². The lowest BCUT2D eigenvalue weighted by molar-refractivity contribution is -0.111. The minimum atomic E-state index is 0.297. The minimum Gasteiger partial charge on any atom is -0.303 e. The number of rotatable bonds is 2. The van der Waals surface area contributed by atoms with Crippen molar-refractivity contribution in [2.45, 2.75) is 19.3 Å². The van der Waals surface area contributed by atoms with Gasteiger partial charge in [0, 0.05) is 32.1 Å². The summed E-state index contributed by atoms with van der Waals surface area (Å²) < 4.78 is 0. The van der Waals surface area contributed by atoms with E-state index in [0.29, 0.717) is 5.92 Å². The van der Waals surface area contributed by atoms with E-state index in [1.165, 1.54) is 25.9 Å². The molecular weight excluding hydrogens is 152 g/mol. The third-order valence-electron chi connectivity index (χ3n) is 2.88. The Morgan fingerprint density at radius 1 is 1.08 bits per heavy atom. The Morgan fingerprint density at radius 2 is 1.83 bits per heavy atom. The van der Waals surface area contributed by atoms with E-state index in [0.717, 1.165) is 25.8 Å². The summed E-state index contributed by atoms with van der Waals surface area (Å²) in [4.78, 5) is 10.5. The summed E-state index contributed by atoms with van der Waals surface area (Å²) in [7, 11) is 0. The fraction of sp³-hybridized carbons (Fsp3) is 0.889. The SMILES string of the molecule is O=C[C@H]1CCN(N2CCCC2)C1. The molecule has 3 nitrogen and oxygen atoms in total. The Morgan fingerprint density at radius 3 is 2.42 bits per heavy atom. The molecule has 2 aliphatic heterocycles. The molecule has 0 saturated carbocycles. The third-order valence-corrected chi connectivity index (χ3v) is 2.88. The van der Waals surface area contributed by atoms with Gasteiger partial charge >= 0.3 is 0 Å². The summed E-state index contributed by atoms with van der Waals surface area (Å²) in [5.41, 5.74) is 0. The van der Waals surface area contributed by atoms with E-state index in [-0.39, 0.29) is 0 Å². The lowest BCUT2D eigenvalue weighted by atomic mass is 10.1. The summed E-state index contributed by atoms with van der Waals surface area (Å²) in [5, 5.41) is 4.76. The number of aldehydes is 1. The molecule has 2 aliphatic rings. The molecule has 1 atom stereocenters. The van der Waals surface area contributed by atoms with Crippen LogP contribution >= 0.6 is 0 Å². The van der Waals surface area contributed by atoms with Crippen LogP contribution in [0.2, 0.25) is 0 Å². The highest BCUT2D eigenvalue weighted by atomic mass is 16.1. The number of hydrazine groups is 1. The number of hydrogen-bond acceptors (Lipinski definition) is 3. The molecule has 0 N–H and O–H groups in total. The van der Waals surface area contributed by atoms with E-state index in [4.69, 9.17) is 0 Å². The molecule has 68 valence electrons. The number of carbonyl (C=O) groups excluding carboxylic acids is 1. The first-order valence-corrected chi connectivity index (χ1v) is 4.85. The summed E-state index contributed by atoms with van der Waals surface area (Å²) in [5.74, 6) is 0.297. The zero-order valence-electron chi connectivity index (χ0n) is 7.41. The van der Waals surface area contributed by atoms with E-state index < -0.39 is 0 Å². The zero-order valence-corrected chi connectivity index (χ0v) is 7.41. The second kappa shape index (κ2) is 3.54. The number of carbonyl (C=O) groups is 1. The molecule has 2 heterocycles. The van der Waals surface area contributed by atoms with Crippen molar-refractivity contribution >= 4 is 6.29 Å². The Balaban J connectivity index is 1.85. The van der Waals surface area contributed by atoms with Gasteiger partial charge in [-0.3, -0.25) is 0 Å². The van der Waals surface area contributed by atoms with Crippen molar-refractivity contribution in [1.82, 2.24) is 10.0 Å². The predicted molar refractivity (Wildman–Crippen MR) is 46.6 cm³/mol. The van der Waals surface area contributed by atoms with Gasteiger partial charge in [0.2, 0.25) is 0 Å². The molecule has 0 aromatic rings. The molecule has 2 rings (SSSR count). The van der Waals surface area contributed by atoms with E-state index in [1.807, 2.05) is 0 Å². The van der Waals surface area contributed by atoms with Crippen LogP contribution in [0.3, 0.4) is 0 Å². The molecule has 0 aliphatic carbocycles. The molecule has 0 bridgehead atoms. The van der Waals surface area contributed by atoms with Crippen LogP contribution in [-0.2, 0) is 4.79 Å². The largest absolute Gasteiger partial charge is 0.303 e. The van der Waals surface area contributed by atoms with Gasteiger partial charge in [-0.15, -0.1) is 0 Å². The van der Waals surface area contributed by atoms with E-state index in [2.05, 4.69) is 10.0 Å². The van der Waals surface area contributed by atoms with Crippen LogP contribution in [0.25, 0.3) is 0 Å². The van der Waals surface area contributed by atoms with Crippen molar-refractivity contribution in [2.75, 3.05) is 26.2 Å². The normalized spacial score (nSPS) is 32.8. The van der Waals surface area contributed by atoms with Gasteiger partial charge in [-0.1, -0.05) is 0 Å². The van der Waals surface area contributed by atoms with Crippen LogP contribution in [0.15, 0.2) is 0 Å². The van der Waals surface area contributed by atoms with Gasteiger partial charge in [-0.05, 0) is 19.3 Å². The van der Waals surface area contributed by atoms with Gasteiger partial charge in [-0.2, -0.15) is 0 Å². The van der Waals surface area contributed by atoms with E-state index in [9.17, 15) is 4.79 Å². The standard InChI is InChI=1S/C9H16N2O/c12-8-9-3-6-11(7-9)10-4-1-2-5-10/h8-9H,1-7H2/t9-/m0/s1. The maximum atomic E-state index is 10.5. The first-order valence-electron chi connectivity index (χ1n) is 4.85. The quantitative estimate of drug-likeness (QED) is 0.562. The first-order chi connectivity index (χ1) is 5.90. The van der Waals surface area contributed by atoms with Gasteiger partial charge in [0.15, 0.2) is 0 Å². The second-order valence-corrected chi connectivity index (χ2v) is 3.76. The summed E-state index contributed by atoms with van der Waals surface area (Å²) >= 11 is 0. The van der Waals surface area contributed by atoms with Crippen LogP contribution in [0, 0.1) is 5.92 Å². The first kappa shape index (κ1) is 8.20. The zero-order chi connectivity index (χ0) is 8.39. The molecule has 0 aromatic heterocycles. The van der Waals surface area contributed by atoms with Gasteiger partial charge in [-0.25, -0.2) is 10.0 Å². The molecule has 3 heteroatoms. The highest BCUT2D eigenvalue weighted by Crippen LogP contribution is 2.19. The Hall–Kier alpha value is -0.410. The molecule has 0 aromatic carbocycles. The highest BCUT2D eigenvalue weighted by Gasteiger charge is 2.27. The number of nitrogens with zero attached hydrogens (tertiary/aromatic N) is 2. The smallest absolute Gasteiger partial charge is 0.124 e. The van der Waals surface area contributed by atoms with Crippen LogP contribution in [-0.4, -0.2) is 42.5 Å². The molecule has 0 amide bonds. The minimum absolute atomic E-state index is 0.297. The lowest BCUT2D eigenvalue weighted by Gasteiger charge is -2.26. The maximum absolute atomic E-state index is 10.5. The molecule has 2 saturated heterocycles. The Kier molecular flexibility index (Phi) is 2.42. The van der Waals surface area contributed by atoms with Crippen molar-refractivity contribution < 1.29 is 4.79 Å². The molecule has 12 heavy (non-hydrogen) atoms. The van der Waals surface area contributed by atoms with Crippen molar-refractivity contribution in [3.8, 4) is 0 Å². The predicted octanol–water partition coefficient (Wildman–Crippen LogP) is 0.518. The lowest BCUT2D eigenvalue weighted by Crippen LogP contribution is -2.38. The van der Waals surface area contributed by atoms with Crippen LogP contribution in [0.1, 0.15) is 19.3 Å². The molecule has 2 fully saturated rings. The Labute approximate surface area is 73.3 Å². The van der Waals surface area contributed by atoms with Crippen LogP contribution in [0.5, 0.6) is 0 Å².